The molecule has 0 aromatic carbocycles. The molecule has 1 unspecified atom stereocenters. The van der Waals surface area contributed by atoms with E-state index in [2.05, 4.69) is 6.92 Å². The van der Waals surface area contributed by atoms with Crippen molar-refractivity contribution >= 4 is 10.8 Å². The number of hydrogen-bond acceptors (Lipinski definition) is 2. The molecule has 0 fully saturated rings. The molecule has 0 aliphatic rings. The lowest BCUT2D eigenvalue weighted by Gasteiger charge is -1.96. The second-order valence-electron chi connectivity index (χ2n) is 2.46. The predicted octanol–water partition coefficient (Wildman–Crippen LogP) is 1.84. The SMILES string of the molecule is CCCCCS(=O)CCC#N. The maximum Gasteiger partial charge on any atom is 0.0631 e. The molecule has 0 radical (unpaired) electrons. The largest absolute Gasteiger partial charge is 0.260 e. The summed E-state index contributed by atoms with van der Waals surface area (Å²) < 4.78 is 11.0. The van der Waals surface area contributed by atoms with E-state index in [9.17, 15) is 4.21 Å². The molecule has 64 valence electrons. The van der Waals surface area contributed by atoms with E-state index in [4.69, 9.17) is 5.26 Å². The summed E-state index contributed by atoms with van der Waals surface area (Å²) in [6.45, 7) is 2.12. The highest BCUT2D eigenvalue weighted by atomic mass is 32.2. The molecular weight excluding hydrogens is 158 g/mol. The zero-order valence-corrected chi connectivity index (χ0v) is 7.82. The highest BCUT2D eigenvalue weighted by Crippen LogP contribution is 1.97. The molecular formula is C8H15NOS. The Hall–Kier alpha value is -0.360. The Balaban J connectivity index is 3.17. The highest BCUT2D eigenvalue weighted by Gasteiger charge is 1.97. The Morgan fingerprint density at radius 1 is 1.36 bits per heavy atom. The molecule has 11 heavy (non-hydrogen) atoms. The van der Waals surface area contributed by atoms with Gasteiger partial charge in [0.1, 0.15) is 0 Å². The molecule has 0 amide bonds. The summed E-state index contributed by atoms with van der Waals surface area (Å²) in [6.07, 6.45) is 3.78. The van der Waals surface area contributed by atoms with Gasteiger partial charge < -0.3 is 0 Å². The van der Waals surface area contributed by atoms with Gasteiger partial charge >= 0.3 is 0 Å². The van der Waals surface area contributed by atoms with Crippen LogP contribution in [-0.2, 0) is 10.8 Å². The second kappa shape index (κ2) is 7.74. The molecule has 3 heteroatoms. The van der Waals surface area contributed by atoms with E-state index in [1.807, 2.05) is 6.07 Å². The topological polar surface area (TPSA) is 40.9 Å². The van der Waals surface area contributed by atoms with Crippen LogP contribution in [0.25, 0.3) is 0 Å². The van der Waals surface area contributed by atoms with Crippen LogP contribution in [0.1, 0.15) is 32.6 Å². The zero-order valence-electron chi connectivity index (χ0n) is 7.01. The van der Waals surface area contributed by atoms with Crippen LogP contribution >= 0.6 is 0 Å². The summed E-state index contributed by atoms with van der Waals surface area (Å²) in [4.78, 5) is 0. The van der Waals surface area contributed by atoms with E-state index in [1.165, 1.54) is 0 Å². The van der Waals surface area contributed by atoms with Gasteiger partial charge in [0.15, 0.2) is 0 Å². The normalized spacial score (nSPS) is 12.4. The van der Waals surface area contributed by atoms with E-state index < -0.39 is 10.8 Å². The summed E-state index contributed by atoms with van der Waals surface area (Å²) in [6, 6.07) is 2.00. The van der Waals surface area contributed by atoms with Gasteiger partial charge in [-0.15, -0.1) is 0 Å². The number of hydrogen-bond donors (Lipinski definition) is 0. The molecule has 0 bridgehead atoms. The van der Waals surface area contributed by atoms with Gasteiger partial charge in [-0.25, -0.2) is 0 Å². The van der Waals surface area contributed by atoms with Gasteiger partial charge in [-0.3, -0.25) is 4.21 Å². The minimum absolute atomic E-state index is 0.429. The molecule has 0 aliphatic carbocycles. The minimum Gasteiger partial charge on any atom is -0.260 e. The zero-order chi connectivity index (χ0) is 8.53. The van der Waals surface area contributed by atoms with Crippen molar-refractivity contribution in [2.24, 2.45) is 0 Å². The monoisotopic (exact) mass is 173 g/mol. The van der Waals surface area contributed by atoms with Crippen molar-refractivity contribution in [1.29, 1.82) is 5.26 Å². The second-order valence-corrected chi connectivity index (χ2v) is 4.16. The smallest absolute Gasteiger partial charge is 0.0631 e. The van der Waals surface area contributed by atoms with Crippen LogP contribution in [0.3, 0.4) is 0 Å². The van der Waals surface area contributed by atoms with Crippen molar-refractivity contribution in [3.63, 3.8) is 0 Å². The molecule has 2 nitrogen and oxygen atoms in total. The van der Waals surface area contributed by atoms with E-state index in [-0.39, 0.29) is 0 Å². The first-order valence-electron chi connectivity index (χ1n) is 4.03. The molecule has 0 heterocycles. The van der Waals surface area contributed by atoms with Crippen LogP contribution in [0.15, 0.2) is 0 Å². The summed E-state index contributed by atoms with van der Waals surface area (Å²) in [5.74, 6) is 1.33. The lowest BCUT2D eigenvalue weighted by Crippen LogP contribution is -2.01. The van der Waals surface area contributed by atoms with Crippen molar-refractivity contribution in [3.05, 3.63) is 0 Å². The lowest BCUT2D eigenvalue weighted by molar-refractivity contribution is 0.676. The molecule has 0 aromatic rings. The van der Waals surface area contributed by atoms with Crippen molar-refractivity contribution in [1.82, 2.24) is 0 Å². The van der Waals surface area contributed by atoms with Crippen LogP contribution in [0.5, 0.6) is 0 Å². The van der Waals surface area contributed by atoms with E-state index in [0.717, 1.165) is 25.0 Å². The third-order valence-electron chi connectivity index (χ3n) is 1.42. The molecule has 0 saturated carbocycles. The van der Waals surface area contributed by atoms with Crippen molar-refractivity contribution in [3.8, 4) is 6.07 Å². The first-order valence-corrected chi connectivity index (χ1v) is 5.52. The van der Waals surface area contributed by atoms with Crippen LogP contribution in [0.4, 0.5) is 0 Å². The summed E-state index contributed by atoms with van der Waals surface area (Å²) in [7, 11) is -0.744. The number of rotatable bonds is 6. The Morgan fingerprint density at radius 3 is 2.64 bits per heavy atom. The molecule has 1 atom stereocenters. The van der Waals surface area contributed by atoms with Crippen molar-refractivity contribution in [2.75, 3.05) is 11.5 Å². The first kappa shape index (κ1) is 10.6. The first-order chi connectivity index (χ1) is 5.31. The Morgan fingerprint density at radius 2 is 2.09 bits per heavy atom. The van der Waals surface area contributed by atoms with Gasteiger partial charge in [0.2, 0.25) is 0 Å². The molecule has 0 spiro atoms. The van der Waals surface area contributed by atoms with Crippen LogP contribution in [0.2, 0.25) is 0 Å². The molecule has 0 N–H and O–H groups in total. The van der Waals surface area contributed by atoms with Gasteiger partial charge in [0.05, 0.1) is 6.07 Å². The number of unbranched alkanes of at least 4 members (excludes halogenated alkanes) is 2. The quantitative estimate of drug-likeness (QED) is 0.575. The summed E-state index contributed by atoms with van der Waals surface area (Å²) >= 11 is 0. The van der Waals surface area contributed by atoms with E-state index in [1.54, 1.807) is 0 Å². The van der Waals surface area contributed by atoms with Crippen LogP contribution < -0.4 is 0 Å². The Bertz CT molecular complexity index is 151. The van der Waals surface area contributed by atoms with Crippen molar-refractivity contribution < 1.29 is 4.21 Å². The van der Waals surface area contributed by atoms with Crippen LogP contribution in [0, 0.1) is 11.3 Å². The standard InChI is InChI=1S/C8H15NOS/c1-2-3-4-7-11(10)8-5-6-9/h2-5,7-8H2,1H3. The number of nitriles is 1. The third-order valence-corrected chi connectivity index (χ3v) is 2.82. The fourth-order valence-electron chi connectivity index (χ4n) is 0.775. The van der Waals surface area contributed by atoms with Gasteiger partial charge in [0.25, 0.3) is 0 Å². The number of nitrogens with zero attached hydrogens (tertiary/aromatic N) is 1. The maximum absolute atomic E-state index is 11.0. The minimum atomic E-state index is -0.744. The lowest BCUT2D eigenvalue weighted by atomic mass is 10.3. The van der Waals surface area contributed by atoms with E-state index in [0.29, 0.717) is 12.2 Å². The van der Waals surface area contributed by atoms with Crippen LogP contribution in [-0.4, -0.2) is 15.7 Å². The fourth-order valence-corrected chi connectivity index (χ4v) is 1.82. The van der Waals surface area contributed by atoms with Gasteiger partial charge in [-0.1, -0.05) is 19.8 Å². The summed E-state index contributed by atoms with van der Waals surface area (Å²) in [5.41, 5.74) is 0. The fraction of sp³-hybridized carbons (Fsp3) is 0.875. The highest BCUT2D eigenvalue weighted by molar-refractivity contribution is 7.84. The Kier molecular flexibility index (Phi) is 7.49. The molecule has 0 saturated heterocycles. The average molecular weight is 173 g/mol. The predicted molar refractivity (Wildman–Crippen MR) is 47.6 cm³/mol. The van der Waals surface area contributed by atoms with Gasteiger partial charge in [-0.05, 0) is 6.42 Å². The van der Waals surface area contributed by atoms with Gasteiger partial charge in [0, 0.05) is 28.7 Å². The van der Waals surface area contributed by atoms with E-state index >= 15 is 0 Å². The third kappa shape index (κ3) is 7.54. The molecule has 0 rings (SSSR count). The summed E-state index contributed by atoms with van der Waals surface area (Å²) in [5, 5.41) is 8.20. The average Bonchev–Trinajstić information content (AvgIpc) is 2.01. The maximum atomic E-state index is 11.0. The van der Waals surface area contributed by atoms with Gasteiger partial charge in [-0.2, -0.15) is 5.26 Å². The molecule has 0 aliphatic heterocycles. The molecule has 0 aromatic heterocycles. The Labute approximate surface area is 71.1 Å². The van der Waals surface area contributed by atoms with Crippen molar-refractivity contribution in [2.45, 2.75) is 32.6 Å².